The van der Waals surface area contributed by atoms with E-state index in [0.29, 0.717) is 0 Å². The first kappa shape index (κ1) is 12.4. The Kier molecular flexibility index (Phi) is 4.17. The van der Waals surface area contributed by atoms with Crippen LogP contribution in [0.3, 0.4) is 0 Å². The Balaban J connectivity index is 0.00000128. The molecule has 2 aromatic carbocycles. The quantitative estimate of drug-likeness (QED) is 0.446. The van der Waals surface area contributed by atoms with E-state index in [9.17, 15) is 0 Å². The molecule has 0 aromatic heterocycles. The van der Waals surface area contributed by atoms with Crippen LogP contribution in [0.25, 0.3) is 0 Å². The summed E-state index contributed by atoms with van der Waals surface area (Å²) >= 11 is 0. The van der Waals surface area contributed by atoms with Crippen LogP contribution in [0.15, 0.2) is 48.5 Å². The van der Waals surface area contributed by atoms with E-state index in [1.807, 2.05) is 29.6 Å². The third-order valence-electron chi connectivity index (χ3n) is 2.12. The Morgan fingerprint density at radius 3 is 1.25 bits per heavy atom. The molecule has 4 heteroatoms. The Labute approximate surface area is 99.8 Å². The van der Waals surface area contributed by atoms with Gasteiger partial charge in [-0.3, -0.25) is 5.32 Å². The second-order valence-corrected chi connectivity index (χ2v) is 3.33. The lowest BCUT2D eigenvalue weighted by molar-refractivity contribution is -0.478. The molecule has 0 aliphatic carbocycles. The molecule has 0 aliphatic heterocycles. The molecule has 4 N–H and O–H groups in total. The van der Waals surface area contributed by atoms with Crippen LogP contribution in [0.5, 0.6) is 11.5 Å². The highest BCUT2D eigenvalue weighted by atomic mass is 35.5. The summed E-state index contributed by atoms with van der Waals surface area (Å²) in [7, 11) is 0. The van der Waals surface area contributed by atoms with Crippen molar-refractivity contribution in [2.75, 3.05) is 0 Å². The summed E-state index contributed by atoms with van der Waals surface area (Å²) in [5.74, 6) is 0.524. The molecule has 0 bridgehead atoms. The standard InChI is InChI=1S/C12H11NO2.ClH/c14-11-5-1-9(2-6-11)13-10-3-7-12(15)8-4-10;/h1-8,13-15H;1H. The molecule has 0 unspecified atom stereocenters. The van der Waals surface area contributed by atoms with Gasteiger partial charge in [0.2, 0.25) is 0 Å². The Morgan fingerprint density at radius 1 is 0.625 bits per heavy atom. The minimum absolute atomic E-state index is 0. The maximum atomic E-state index is 9.11. The second-order valence-electron chi connectivity index (χ2n) is 3.33. The van der Waals surface area contributed by atoms with Crippen LogP contribution in [0, 0.1) is 0 Å². The van der Waals surface area contributed by atoms with Gasteiger partial charge in [0, 0.05) is 24.3 Å². The van der Waals surface area contributed by atoms with Crippen molar-refractivity contribution in [2.45, 2.75) is 0 Å². The Hall–Kier alpha value is -1.71. The highest BCUT2D eigenvalue weighted by Crippen LogP contribution is 2.13. The lowest BCUT2D eigenvalue weighted by atomic mass is 10.2. The van der Waals surface area contributed by atoms with Gasteiger partial charge in [-0.15, -0.1) is 0 Å². The van der Waals surface area contributed by atoms with Gasteiger partial charge in [-0.05, 0) is 24.3 Å². The van der Waals surface area contributed by atoms with Crippen LogP contribution in [0.4, 0.5) is 11.4 Å². The predicted octanol–water partition coefficient (Wildman–Crippen LogP) is -1.37. The number of hydrogen-bond acceptors (Lipinski definition) is 2. The Morgan fingerprint density at radius 2 is 0.938 bits per heavy atom. The number of quaternary nitrogens is 1. The van der Waals surface area contributed by atoms with Crippen molar-refractivity contribution in [3.05, 3.63) is 48.5 Å². The minimum atomic E-state index is 0. The molecule has 84 valence electrons. The third-order valence-corrected chi connectivity index (χ3v) is 2.12. The first-order valence-electron chi connectivity index (χ1n) is 4.67. The Bertz CT molecular complexity index is 396. The number of benzene rings is 2. The summed E-state index contributed by atoms with van der Waals surface area (Å²) in [5, 5.41) is 20.2. The molecule has 0 spiro atoms. The van der Waals surface area contributed by atoms with Gasteiger partial charge in [-0.25, -0.2) is 0 Å². The molecule has 2 aromatic rings. The molecule has 0 saturated heterocycles. The number of halogens is 1. The molecule has 0 radical (unpaired) electrons. The molecule has 0 amide bonds. The van der Waals surface area contributed by atoms with Crippen LogP contribution in [-0.2, 0) is 0 Å². The summed E-state index contributed by atoms with van der Waals surface area (Å²) < 4.78 is 0. The van der Waals surface area contributed by atoms with Crippen LogP contribution >= 0.6 is 0 Å². The van der Waals surface area contributed by atoms with E-state index in [-0.39, 0.29) is 23.9 Å². The van der Waals surface area contributed by atoms with Crippen LogP contribution in [0.2, 0.25) is 0 Å². The maximum absolute atomic E-state index is 9.11. The van der Waals surface area contributed by atoms with Crippen LogP contribution < -0.4 is 17.7 Å². The molecule has 0 heterocycles. The number of nitrogens with two attached hydrogens (primary N) is 1. The zero-order chi connectivity index (χ0) is 10.7. The number of phenolic OH excluding ortho intramolecular Hbond substituents is 2. The van der Waals surface area contributed by atoms with Crippen molar-refractivity contribution in [2.24, 2.45) is 0 Å². The smallest absolute Gasteiger partial charge is 0.134 e. The van der Waals surface area contributed by atoms with E-state index in [2.05, 4.69) is 0 Å². The maximum Gasteiger partial charge on any atom is 0.134 e. The first-order valence-corrected chi connectivity index (χ1v) is 4.67. The largest absolute Gasteiger partial charge is 1.00 e. The highest BCUT2D eigenvalue weighted by molar-refractivity contribution is 5.40. The summed E-state index contributed by atoms with van der Waals surface area (Å²) in [6.07, 6.45) is 0. The number of rotatable bonds is 2. The van der Waals surface area contributed by atoms with Gasteiger partial charge in [-0.1, -0.05) is 0 Å². The van der Waals surface area contributed by atoms with Crippen LogP contribution in [-0.4, -0.2) is 10.2 Å². The molecule has 3 nitrogen and oxygen atoms in total. The van der Waals surface area contributed by atoms with Crippen molar-refractivity contribution < 1.29 is 27.9 Å². The second kappa shape index (κ2) is 5.39. The van der Waals surface area contributed by atoms with Gasteiger partial charge >= 0.3 is 0 Å². The van der Waals surface area contributed by atoms with Gasteiger partial charge in [0.05, 0.1) is 0 Å². The molecule has 2 rings (SSSR count). The van der Waals surface area contributed by atoms with E-state index in [4.69, 9.17) is 10.2 Å². The SMILES string of the molecule is Oc1ccc([NH2+]c2ccc(O)cc2)cc1.[Cl-]. The van der Waals surface area contributed by atoms with Gasteiger partial charge in [0.15, 0.2) is 0 Å². The fourth-order valence-corrected chi connectivity index (χ4v) is 1.33. The third kappa shape index (κ3) is 3.15. The zero-order valence-corrected chi connectivity index (χ0v) is 9.22. The van der Waals surface area contributed by atoms with Gasteiger partial charge in [-0.2, -0.15) is 0 Å². The summed E-state index contributed by atoms with van der Waals surface area (Å²) in [4.78, 5) is 0. The van der Waals surface area contributed by atoms with Crippen molar-refractivity contribution in [3.63, 3.8) is 0 Å². The first-order chi connectivity index (χ1) is 7.24. The monoisotopic (exact) mass is 237 g/mol. The average Bonchev–Trinajstić information content (AvgIpc) is 2.25. The summed E-state index contributed by atoms with van der Waals surface area (Å²) in [6, 6.07) is 13.9. The molecule has 0 aliphatic rings. The lowest BCUT2D eigenvalue weighted by Gasteiger charge is -2.00. The molecule has 0 saturated carbocycles. The molecular formula is C12H12ClNO2. The van der Waals surface area contributed by atoms with Crippen molar-refractivity contribution in [1.29, 1.82) is 0 Å². The normalized spacial score (nSPS) is 9.50. The lowest BCUT2D eigenvalue weighted by Crippen LogP contribution is -3.00. The number of aromatic hydroxyl groups is 2. The van der Waals surface area contributed by atoms with Crippen LogP contribution in [0.1, 0.15) is 0 Å². The highest BCUT2D eigenvalue weighted by Gasteiger charge is 2.00. The van der Waals surface area contributed by atoms with Crippen molar-refractivity contribution >= 4 is 11.4 Å². The van der Waals surface area contributed by atoms with E-state index >= 15 is 0 Å². The van der Waals surface area contributed by atoms with Crippen molar-refractivity contribution in [1.82, 2.24) is 0 Å². The predicted molar refractivity (Wildman–Crippen MR) is 57.5 cm³/mol. The zero-order valence-electron chi connectivity index (χ0n) is 8.47. The summed E-state index contributed by atoms with van der Waals surface area (Å²) in [6.45, 7) is 0. The fourth-order valence-electron chi connectivity index (χ4n) is 1.33. The van der Waals surface area contributed by atoms with Gasteiger partial charge in [0.1, 0.15) is 22.9 Å². The topological polar surface area (TPSA) is 57.1 Å². The van der Waals surface area contributed by atoms with E-state index in [1.165, 1.54) is 0 Å². The van der Waals surface area contributed by atoms with Crippen molar-refractivity contribution in [3.8, 4) is 11.5 Å². The number of hydrogen-bond donors (Lipinski definition) is 3. The molecule has 16 heavy (non-hydrogen) atoms. The molecule has 0 atom stereocenters. The van der Waals surface area contributed by atoms with E-state index in [1.54, 1.807) is 24.3 Å². The molecule has 0 fully saturated rings. The van der Waals surface area contributed by atoms with E-state index < -0.39 is 0 Å². The fraction of sp³-hybridized carbons (Fsp3) is 0. The van der Waals surface area contributed by atoms with Gasteiger partial charge in [0.25, 0.3) is 0 Å². The minimum Gasteiger partial charge on any atom is -1.00 e. The molecular weight excluding hydrogens is 226 g/mol. The summed E-state index contributed by atoms with van der Waals surface area (Å²) in [5.41, 5.74) is 2.02. The van der Waals surface area contributed by atoms with E-state index in [0.717, 1.165) is 11.4 Å². The average molecular weight is 238 g/mol. The number of phenols is 2. The van der Waals surface area contributed by atoms with Gasteiger partial charge < -0.3 is 22.6 Å².